The number of amides is 2. The van der Waals surface area contributed by atoms with Crippen LogP contribution in [0.2, 0.25) is 0 Å². The van der Waals surface area contributed by atoms with Gasteiger partial charge in [-0.15, -0.1) is 0 Å². The van der Waals surface area contributed by atoms with Crippen LogP contribution in [0.5, 0.6) is 0 Å². The van der Waals surface area contributed by atoms with E-state index in [0.29, 0.717) is 38.0 Å². The molecule has 0 aromatic heterocycles. The fraction of sp³-hybridized carbons (Fsp3) is 0.556. The number of aryl methyl sites for hydroxylation is 1. The van der Waals surface area contributed by atoms with Gasteiger partial charge in [-0.3, -0.25) is 9.59 Å². The lowest BCUT2D eigenvalue weighted by Gasteiger charge is -2.31. The SMILES string of the molecule is Cc1ccc(NC(=O)C(=O)NCC2CCN(S(=O)(=O)C3CC3)CC2)cc1F. The molecule has 1 saturated carbocycles. The number of nitrogens with zero attached hydrogens (tertiary/aromatic N) is 1. The van der Waals surface area contributed by atoms with Gasteiger partial charge in [0.1, 0.15) is 5.82 Å². The summed E-state index contributed by atoms with van der Waals surface area (Å²) in [6, 6.07) is 4.21. The third kappa shape index (κ3) is 4.84. The fourth-order valence-electron chi connectivity index (χ4n) is 3.12. The molecule has 0 bridgehead atoms. The van der Waals surface area contributed by atoms with E-state index in [1.54, 1.807) is 11.2 Å². The average Bonchev–Trinajstić information content (AvgIpc) is 3.49. The molecule has 1 aliphatic heterocycles. The number of carbonyl (C=O) groups excluding carboxylic acids is 2. The average molecular weight is 397 g/mol. The molecule has 0 spiro atoms. The Morgan fingerprint density at radius 2 is 1.81 bits per heavy atom. The maximum absolute atomic E-state index is 13.5. The van der Waals surface area contributed by atoms with E-state index in [1.165, 1.54) is 12.1 Å². The number of halogens is 1. The molecule has 27 heavy (non-hydrogen) atoms. The van der Waals surface area contributed by atoms with Crippen molar-refractivity contribution < 1.29 is 22.4 Å². The van der Waals surface area contributed by atoms with Crippen molar-refractivity contribution in [3.8, 4) is 0 Å². The Kier molecular flexibility index (Phi) is 5.81. The number of hydrogen-bond donors (Lipinski definition) is 2. The molecule has 0 unspecified atom stereocenters. The highest BCUT2D eigenvalue weighted by atomic mass is 32.2. The molecular formula is C18H24FN3O4S. The zero-order chi connectivity index (χ0) is 19.6. The van der Waals surface area contributed by atoms with Gasteiger partial charge in [0.25, 0.3) is 0 Å². The van der Waals surface area contributed by atoms with Gasteiger partial charge in [0, 0.05) is 25.3 Å². The minimum Gasteiger partial charge on any atom is -0.348 e. The molecule has 148 valence electrons. The van der Waals surface area contributed by atoms with Crippen LogP contribution in [0.15, 0.2) is 18.2 Å². The topological polar surface area (TPSA) is 95.6 Å². The van der Waals surface area contributed by atoms with Gasteiger partial charge in [0.2, 0.25) is 10.0 Å². The Hall–Kier alpha value is -2.00. The number of nitrogens with one attached hydrogen (secondary N) is 2. The molecule has 7 nitrogen and oxygen atoms in total. The lowest BCUT2D eigenvalue weighted by atomic mass is 9.98. The highest BCUT2D eigenvalue weighted by Gasteiger charge is 2.41. The van der Waals surface area contributed by atoms with E-state index in [1.807, 2.05) is 0 Å². The molecule has 1 saturated heterocycles. The van der Waals surface area contributed by atoms with Crippen molar-refractivity contribution in [1.82, 2.24) is 9.62 Å². The summed E-state index contributed by atoms with van der Waals surface area (Å²) in [5.74, 6) is -1.97. The fourth-order valence-corrected chi connectivity index (χ4v) is 4.99. The maximum Gasteiger partial charge on any atom is 0.313 e. The first-order valence-corrected chi connectivity index (χ1v) is 10.6. The molecule has 2 aliphatic rings. The number of rotatable bonds is 5. The van der Waals surface area contributed by atoms with Crippen LogP contribution in [0.1, 0.15) is 31.2 Å². The summed E-state index contributed by atoms with van der Waals surface area (Å²) in [5.41, 5.74) is 0.671. The van der Waals surface area contributed by atoms with E-state index < -0.39 is 27.7 Å². The van der Waals surface area contributed by atoms with Gasteiger partial charge >= 0.3 is 11.8 Å². The van der Waals surface area contributed by atoms with Crippen LogP contribution < -0.4 is 10.6 Å². The number of carbonyl (C=O) groups is 2. The lowest BCUT2D eigenvalue weighted by molar-refractivity contribution is -0.136. The first-order chi connectivity index (χ1) is 12.8. The van der Waals surface area contributed by atoms with Crippen LogP contribution in [0, 0.1) is 18.7 Å². The van der Waals surface area contributed by atoms with Crippen LogP contribution >= 0.6 is 0 Å². The molecule has 1 aromatic carbocycles. The van der Waals surface area contributed by atoms with E-state index in [9.17, 15) is 22.4 Å². The third-order valence-electron chi connectivity index (χ3n) is 5.07. The normalized spacial score (nSPS) is 18.9. The summed E-state index contributed by atoms with van der Waals surface area (Å²) in [4.78, 5) is 23.9. The van der Waals surface area contributed by atoms with Gasteiger partial charge in [0.15, 0.2) is 0 Å². The van der Waals surface area contributed by atoms with Gasteiger partial charge in [-0.25, -0.2) is 17.1 Å². The molecule has 1 aromatic rings. The summed E-state index contributed by atoms with van der Waals surface area (Å²) >= 11 is 0. The number of piperidine rings is 1. The van der Waals surface area contributed by atoms with Crippen LogP contribution in [0.4, 0.5) is 10.1 Å². The van der Waals surface area contributed by atoms with Crippen molar-refractivity contribution in [2.75, 3.05) is 25.0 Å². The molecule has 1 heterocycles. The minimum atomic E-state index is -3.15. The zero-order valence-electron chi connectivity index (χ0n) is 15.2. The summed E-state index contributed by atoms with van der Waals surface area (Å²) < 4.78 is 39.4. The van der Waals surface area contributed by atoms with Gasteiger partial charge in [-0.1, -0.05) is 6.07 Å². The van der Waals surface area contributed by atoms with Crippen molar-refractivity contribution in [3.63, 3.8) is 0 Å². The molecule has 2 amide bonds. The van der Waals surface area contributed by atoms with Gasteiger partial charge < -0.3 is 10.6 Å². The van der Waals surface area contributed by atoms with E-state index in [2.05, 4.69) is 10.6 Å². The van der Waals surface area contributed by atoms with Gasteiger partial charge in [0.05, 0.1) is 5.25 Å². The first kappa shape index (κ1) is 19.8. The van der Waals surface area contributed by atoms with Gasteiger partial charge in [-0.05, 0) is 56.2 Å². The predicted molar refractivity (Wildman–Crippen MR) is 99.0 cm³/mol. The minimum absolute atomic E-state index is 0.129. The maximum atomic E-state index is 13.5. The molecule has 9 heteroatoms. The summed E-state index contributed by atoms with van der Waals surface area (Å²) in [5, 5.41) is 4.74. The van der Waals surface area contributed by atoms with E-state index in [0.717, 1.165) is 18.9 Å². The Morgan fingerprint density at radius 3 is 2.41 bits per heavy atom. The molecule has 2 N–H and O–H groups in total. The first-order valence-electron chi connectivity index (χ1n) is 9.11. The van der Waals surface area contributed by atoms with Gasteiger partial charge in [-0.2, -0.15) is 0 Å². The van der Waals surface area contributed by atoms with Crippen molar-refractivity contribution in [1.29, 1.82) is 0 Å². The number of anilines is 1. The second kappa shape index (κ2) is 7.93. The summed E-state index contributed by atoms with van der Waals surface area (Å²) in [6.45, 7) is 2.82. The third-order valence-corrected chi connectivity index (χ3v) is 7.47. The Labute approximate surface area is 158 Å². The Morgan fingerprint density at radius 1 is 1.15 bits per heavy atom. The van der Waals surface area contributed by atoms with Crippen molar-refractivity contribution in [2.24, 2.45) is 5.92 Å². The van der Waals surface area contributed by atoms with E-state index in [4.69, 9.17) is 0 Å². The largest absolute Gasteiger partial charge is 0.348 e. The molecule has 2 fully saturated rings. The van der Waals surface area contributed by atoms with Crippen LogP contribution in [0.3, 0.4) is 0 Å². The number of benzene rings is 1. The molecular weight excluding hydrogens is 373 g/mol. The molecule has 0 radical (unpaired) electrons. The zero-order valence-corrected chi connectivity index (χ0v) is 16.0. The summed E-state index contributed by atoms with van der Waals surface area (Å²) in [6.07, 6.45) is 2.80. The smallest absolute Gasteiger partial charge is 0.313 e. The highest BCUT2D eigenvalue weighted by Crippen LogP contribution is 2.33. The van der Waals surface area contributed by atoms with Crippen LogP contribution in [0.25, 0.3) is 0 Å². The van der Waals surface area contributed by atoms with Crippen molar-refractivity contribution in [3.05, 3.63) is 29.6 Å². The van der Waals surface area contributed by atoms with Crippen molar-refractivity contribution >= 4 is 27.5 Å². The van der Waals surface area contributed by atoms with Crippen LogP contribution in [-0.4, -0.2) is 49.4 Å². The number of hydrogen-bond acceptors (Lipinski definition) is 4. The Balaban J connectivity index is 1.42. The van der Waals surface area contributed by atoms with E-state index >= 15 is 0 Å². The second-order valence-corrected chi connectivity index (χ2v) is 9.43. The molecule has 0 atom stereocenters. The van der Waals surface area contributed by atoms with Crippen molar-refractivity contribution in [2.45, 2.75) is 37.9 Å². The number of sulfonamides is 1. The summed E-state index contributed by atoms with van der Waals surface area (Å²) in [7, 11) is -3.15. The van der Waals surface area contributed by atoms with Crippen LogP contribution in [-0.2, 0) is 19.6 Å². The highest BCUT2D eigenvalue weighted by molar-refractivity contribution is 7.90. The second-order valence-electron chi connectivity index (χ2n) is 7.21. The molecule has 3 rings (SSSR count). The quantitative estimate of drug-likeness (QED) is 0.734. The molecule has 1 aliphatic carbocycles. The Bertz CT molecular complexity index is 831. The lowest BCUT2D eigenvalue weighted by Crippen LogP contribution is -2.44. The standard InChI is InChI=1S/C18H24FN3O4S/c1-12-2-3-14(10-16(12)19)21-18(24)17(23)20-11-13-6-8-22(9-7-13)27(25,26)15-4-5-15/h2-3,10,13,15H,4-9,11H2,1H3,(H,20,23)(H,21,24). The monoisotopic (exact) mass is 397 g/mol. The predicted octanol–water partition coefficient (Wildman–Crippen LogP) is 1.39. The van der Waals surface area contributed by atoms with E-state index in [-0.39, 0.29) is 16.9 Å².